The minimum atomic E-state index is -0.267. The first kappa shape index (κ1) is 24.7. The molecular formula is C28H44O5. The van der Waals surface area contributed by atoms with Gasteiger partial charge in [0.25, 0.3) is 0 Å². The summed E-state index contributed by atoms with van der Waals surface area (Å²) in [5, 5.41) is 0. The summed E-state index contributed by atoms with van der Waals surface area (Å²) in [6, 6.07) is 0. The van der Waals surface area contributed by atoms with Crippen molar-refractivity contribution in [1.29, 1.82) is 0 Å². The fourth-order valence-corrected chi connectivity index (χ4v) is 9.62. The van der Waals surface area contributed by atoms with E-state index < -0.39 is 0 Å². The molecule has 0 unspecified atom stereocenters. The van der Waals surface area contributed by atoms with Crippen LogP contribution in [0.4, 0.5) is 0 Å². The van der Waals surface area contributed by atoms with Crippen molar-refractivity contribution in [2.24, 2.45) is 45.3 Å². The molecule has 4 aliphatic carbocycles. The van der Waals surface area contributed by atoms with Crippen LogP contribution in [0.5, 0.6) is 0 Å². The number of carbonyl (C=O) groups is 3. The van der Waals surface area contributed by atoms with Gasteiger partial charge in [0.15, 0.2) is 0 Å². The van der Waals surface area contributed by atoms with Crippen LogP contribution in [0.25, 0.3) is 0 Å². The first-order valence-corrected chi connectivity index (χ1v) is 13.1. The van der Waals surface area contributed by atoms with Crippen LogP contribution in [0.2, 0.25) is 0 Å². The number of ether oxygens (including phenoxy) is 2. The summed E-state index contributed by atoms with van der Waals surface area (Å²) in [6.45, 7) is 13.5. The van der Waals surface area contributed by atoms with Gasteiger partial charge in [0, 0.05) is 24.2 Å². The number of hydrogen-bond donors (Lipinski definition) is 0. The first-order valence-electron chi connectivity index (χ1n) is 13.1. The average Bonchev–Trinajstić information content (AvgIpc) is 2.73. The molecule has 4 aliphatic rings. The van der Waals surface area contributed by atoms with Crippen LogP contribution in [-0.2, 0) is 23.9 Å². The molecule has 4 saturated carbocycles. The minimum Gasteiger partial charge on any atom is -0.469 e. The third-order valence-electron chi connectivity index (χ3n) is 11.5. The first-order chi connectivity index (χ1) is 15.3. The van der Waals surface area contributed by atoms with E-state index in [9.17, 15) is 14.4 Å². The van der Waals surface area contributed by atoms with E-state index in [4.69, 9.17) is 9.47 Å². The van der Waals surface area contributed by atoms with Crippen LogP contribution in [0.3, 0.4) is 0 Å². The van der Waals surface area contributed by atoms with E-state index in [2.05, 4.69) is 34.6 Å². The van der Waals surface area contributed by atoms with Crippen LogP contribution in [0.15, 0.2) is 0 Å². The quantitative estimate of drug-likeness (QED) is 0.503. The number of esters is 2. The van der Waals surface area contributed by atoms with Crippen molar-refractivity contribution >= 4 is 17.7 Å². The molecule has 0 aliphatic heterocycles. The highest BCUT2D eigenvalue weighted by atomic mass is 16.5. The SMILES string of the molecule is COC(=O)C[C@@H]1CC[C@]2(C)[C@H](CC[C@@H]3[C@@]4(C)CC[C@H](OC(C)=O)C(C)(C)[C@@H]4CC[C@]32C)C1=O. The molecule has 0 aromatic rings. The second-order valence-corrected chi connectivity index (χ2v) is 13.0. The second kappa shape index (κ2) is 8.09. The Morgan fingerprint density at radius 1 is 0.879 bits per heavy atom. The standard InChI is InChI=1S/C28H44O5/c1-17(29)33-22-12-13-26(4)20(25(22,2)3)11-15-28(6)21(26)9-8-19-24(31)18(16-23(30)32-7)10-14-27(19,28)5/h18-22H,8-16H2,1-7H3/t18-,19+,20-,21+,22-,26-,27+,28+/m0/s1. The Kier molecular flexibility index (Phi) is 6.06. The van der Waals surface area contributed by atoms with Gasteiger partial charge < -0.3 is 9.47 Å². The predicted molar refractivity (Wildman–Crippen MR) is 126 cm³/mol. The predicted octanol–water partition coefficient (Wildman–Crippen LogP) is 5.74. The van der Waals surface area contributed by atoms with Gasteiger partial charge in [0.2, 0.25) is 0 Å². The highest BCUT2D eigenvalue weighted by molar-refractivity contribution is 5.88. The molecule has 0 aromatic carbocycles. The molecule has 186 valence electrons. The van der Waals surface area contributed by atoms with Gasteiger partial charge in [0.05, 0.1) is 13.5 Å². The number of Topliss-reactive ketones (excluding diaryl/α,β-unsaturated/α-hetero) is 1. The summed E-state index contributed by atoms with van der Waals surface area (Å²) in [7, 11) is 1.41. The molecule has 8 atom stereocenters. The molecule has 0 aromatic heterocycles. The molecule has 33 heavy (non-hydrogen) atoms. The molecule has 5 nitrogen and oxygen atoms in total. The fraction of sp³-hybridized carbons (Fsp3) is 0.893. The third-order valence-corrected chi connectivity index (χ3v) is 11.5. The van der Waals surface area contributed by atoms with E-state index in [0.717, 1.165) is 51.4 Å². The van der Waals surface area contributed by atoms with Gasteiger partial charge in [-0.2, -0.15) is 0 Å². The van der Waals surface area contributed by atoms with Gasteiger partial charge in [0.1, 0.15) is 11.9 Å². The summed E-state index contributed by atoms with van der Waals surface area (Å²) >= 11 is 0. The Morgan fingerprint density at radius 2 is 1.55 bits per heavy atom. The van der Waals surface area contributed by atoms with E-state index in [1.54, 1.807) is 0 Å². The van der Waals surface area contributed by atoms with Crippen LogP contribution < -0.4 is 0 Å². The zero-order valence-corrected chi connectivity index (χ0v) is 21.8. The lowest BCUT2D eigenvalue weighted by atomic mass is 9.34. The molecule has 5 heteroatoms. The molecule has 0 saturated heterocycles. The lowest BCUT2D eigenvalue weighted by molar-refractivity contribution is -0.233. The molecule has 0 bridgehead atoms. The zero-order valence-electron chi connectivity index (χ0n) is 21.8. The second-order valence-electron chi connectivity index (χ2n) is 13.0. The van der Waals surface area contributed by atoms with Crippen LogP contribution >= 0.6 is 0 Å². The number of carbonyl (C=O) groups excluding carboxylic acids is 3. The monoisotopic (exact) mass is 460 g/mol. The summed E-state index contributed by atoms with van der Waals surface area (Å²) in [4.78, 5) is 37.3. The smallest absolute Gasteiger partial charge is 0.306 e. The van der Waals surface area contributed by atoms with Gasteiger partial charge in [-0.3, -0.25) is 14.4 Å². The average molecular weight is 461 g/mol. The highest BCUT2D eigenvalue weighted by Crippen LogP contribution is 2.74. The van der Waals surface area contributed by atoms with Crippen LogP contribution in [0.1, 0.15) is 99.3 Å². The third kappa shape index (κ3) is 3.50. The fourth-order valence-electron chi connectivity index (χ4n) is 9.62. The van der Waals surface area contributed by atoms with E-state index in [1.165, 1.54) is 14.0 Å². The highest BCUT2D eigenvalue weighted by Gasteiger charge is 2.68. The molecular weight excluding hydrogens is 416 g/mol. The van der Waals surface area contributed by atoms with E-state index in [0.29, 0.717) is 17.6 Å². The Balaban J connectivity index is 1.62. The zero-order chi connectivity index (χ0) is 24.4. The van der Waals surface area contributed by atoms with E-state index in [-0.39, 0.29) is 58.0 Å². The lowest BCUT2D eigenvalue weighted by Crippen LogP contribution is -2.66. The largest absolute Gasteiger partial charge is 0.469 e. The maximum Gasteiger partial charge on any atom is 0.306 e. The maximum absolute atomic E-state index is 13.6. The van der Waals surface area contributed by atoms with Crippen LogP contribution in [-0.4, -0.2) is 30.9 Å². The van der Waals surface area contributed by atoms with Crippen molar-refractivity contribution in [1.82, 2.24) is 0 Å². The Hall–Kier alpha value is -1.39. The number of methoxy groups -OCH3 is 1. The molecule has 4 rings (SSSR count). The molecule has 0 N–H and O–H groups in total. The van der Waals surface area contributed by atoms with Gasteiger partial charge in [-0.1, -0.05) is 34.6 Å². The summed E-state index contributed by atoms with van der Waals surface area (Å²) in [5.41, 5.74) is 0.223. The Morgan fingerprint density at radius 3 is 2.18 bits per heavy atom. The molecule has 0 heterocycles. The van der Waals surface area contributed by atoms with Crippen LogP contribution in [0, 0.1) is 45.3 Å². The summed E-state index contributed by atoms with van der Waals surface area (Å²) in [5.74, 6) is 0.804. The van der Waals surface area contributed by atoms with Crippen molar-refractivity contribution in [3.63, 3.8) is 0 Å². The maximum atomic E-state index is 13.6. The van der Waals surface area contributed by atoms with E-state index in [1.807, 2.05) is 0 Å². The minimum absolute atomic E-state index is 0.0142. The van der Waals surface area contributed by atoms with Gasteiger partial charge in [-0.15, -0.1) is 0 Å². The normalized spacial score (nSPS) is 46.4. The van der Waals surface area contributed by atoms with Crippen molar-refractivity contribution in [2.75, 3.05) is 7.11 Å². The van der Waals surface area contributed by atoms with Crippen molar-refractivity contribution in [3.05, 3.63) is 0 Å². The molecule has 4 fully saturated rings. The Bertz CT molecular complexity index is 832. The number of rotatable bonds is 3. The van der Waals surface area contributed by atoms with Crippen molar-refractivity contribution < 1.29 is 23.9 Å². The molecule has 0 radical (unpaired) electrons. The number of ketones is 1. The van der Waals surface area contributed by atoms with Crippen molar-refractivity contribution in [2.45, 2.75) is 105 Å². The number of fused-ring (bicyclic) bond motifs is 5. The summed E-state index contributed by atoms with van der Waals surface area (Å²) in [6.07, 6.45) is 8.28. The number of hydrogen-bond acceptors (Lipinski definition) is 5. The Labute approximate surface area is 199 Å². The van der Waals surface area contributed by atoms with Gasteiger partial charge in [-0.25, -0.2) is 0 Å². The topological polar surface area (TPSA) is 69.7 Å². The van der Waals surface area contributed by atoms with Gasteiger partial charge in [-0.05, 0) is 79.4 Å². The lowest BCUT2D eigenvalue weighted by Gasteiger charge is -2.71. The molecule has 0 spiro atoms. The van der Waals surface area contributed by atoms with E-state index >= 15 is 0 Å². The summed E-state index contributed by atoms with van der Waals surface area (Å²) < 4.78 is 10.7. The van der Waals surface area contributed by atoms with Gasteiger partial charge >= 0.3 is 11.9 Å². The molecule has 0 amide bonds. The van der Waals surface area contributed by atoms with Crippen molar-refractivity contribution in [3.8, 4) is 0 Å².